The van der Waals surface area contributed by atoms with Gasteiger partial charge in [0, 0.05) is 30.9 Å². The van der Waals surface area contributed by atoms with Crippen LogP contribution in [0.1, 0.15) is 81.1 Å². The van der Waals surface area contributed by atoms with Crippen LogP contribution in [0.15, 0.2) is 12.4 Å². The Bertz CT molecular complexity index is 918. The first-order valence-electron chi connectivity index (χ1n) is 13.3. The molecule has 2 saturated heterocycles. The van der Waals surface area contributed by atoms with Crippen molar-refractivity contribution < 1.29 is 28.4 Å². The Kier molecular flexibility index (Phi) is 9.11. The van der Waals surface area contributed by atoms with Crippen molar-refractivity contribution >= 4 is 24.6 Å². The number of carbonyl (C=O) groups excluding carboxylic acids is 2. The molecule has 2 fully saturated rings. The van der Waals surface area contributed by atoms with Gasteiger partial charge in [0.05, 0.1) is 17.8 Å². The number of likely N-dealkylation sites (tertiary alicyclic amines) is 1. The minimum atomic E-state index is -0.630. The van der Waals surface area contributed by atoms with E-state index in [0.29, 0.717) is 31.6 Å². The Labute approximate surface area is 221 Å². The first-order chi connectivity index (χ1) is 17.2. The number of hydrogen-bond acceptors (Lipinski definition) is 8. The summed E-state index contributed by atoms with van der Waals surface area (Å²) in [5.74, 6) is 0.309. The number of rotatable bonds is 8. The molecule has 0 aliphatic carbocycles. The van der Waals surface area contributed by atoms with Gasteiger partial charge in [-0.15, -0.1) is 0 Å². The molecule has 0 radical (unpaired) electrons. The second-order valence-electron chi connectivity index (χ2n) is 12.0. The number of amides is 2. The maximum Gasteiger partial charge on any atom is 0.498 e. The summed E-state index contributed by atoms with van der Waals surface area (Å²) < 4.78 is 23.1. The highest BCUT2D eigenvalue weighted by Crippen LogP contribution is 2.36. The average molecular weight is 518 g/mol. The fraction of sp³-hybridized carbons (Fsp3) is 0.769. The Hall–Kier alpha value is -2.40. The van der Waals surface area contributed by atoms with Crippen LogP contribution in [0.4, 0.5) is 4.79 Å². The van der Waals surface area contributed by atoms with Crippen LogP contribution in [0.5, 0.6) is 6.01 Å². The van der Waals surface area contributed by atoms with Crippen LogP contribution >= 0.6 is 0 Å². The zero-order chi connectivity index (χ0) is 27.4. The van der Waals surface area contributed by atoms with E-state index in [1.165, 1.54) is 0 Å². The van der Waals surface area contributed by atoms with Crippen molar-refractivity contribution in [3.63, 3.8) is 0 Å². The largest absolute Gasteiger partial charge is 0.498 e. The molecule has 3 rings (SSSR count). The maximum atomic E-state index is 12.9. The average Bonchev–Trinajstić information content (AvgIpc) is 3.02. The van der Waals surface area contributed by atoms with Crippen molar-refractivity contribution in [2.24, 2.45) is 5.92 Å². The third-order valence-electron chi connectivity index (χ3n) is 7.10. The summed E-state index contributed by atoms with van der Waals surface area (Å²) in [7, 11) is -0.502. The third kappa shape index (κ3) is 8.04. The van der Waals surface area contributed by atoms with E-state index in [-0.39, 0.29) is 5.91 Å². The van der Waals surface area contributed by atoms with Gasteiger partial charge in [0.15, 0.2) is 0 Å². The van der Waals surface area contributed by atoms with Crippen molar-refractivity contribution in [3.8, 4) is 6.01 Å². The molecule has 3 heterocycles. The lowest BCUT2D eigenvalue weighted by Gasteiger charge is -2.34. The zero-order valence-corrected chi connectivity index (χ0v) is 23.6. The predicted octanol–water partition coefficient (Wildman–Crippen LogP) is 3.09. The summed E-state index contributed by atoms with van der Waals surface area (Å²) in [6.07, 6.45) is 6.56. The van der Waals surface area contributed by atoms with Crippen molar-refractivity contribution in [2.45, 2.75) is 104 Å². The van der Waals surface area contributed by atoms with Crippen LogP contribution < -0.4 is 15.5 Å². The molecular formula is C26H43BN4O6. The minimum absolute atomic E-state index is 0.0812. The lowest BCUT2D eigenvalue weighted by atomic mass is 9.81. The van der Waals surface area contributed by atoms with Crippen LogP contribution in [-0.2, 0) is 18.8 Å². The number of ether oxygens (including phenoxy) is 2. The lowest BCUT2D eigenvalue weighted by Crippen LogP contribution is -2.50. The molecule has 2 amide bonds. The van der Waals surface area contributed by atoms with Gasteiger partial charge in [-0.1, -0.05) is 0 Å². The predicted molar refractivity (Wildman–Crippen MR) is 141 cm³/mol. The Morgan fingerprint density at radius 3 is 2.41 bits per heavy atom. The molecule has 37 heavy (non-hydrogen) atoms. The highest BCUT2D eigenvalue weighted by molar-refractivity contribution is 6.61. The van der Waals surface area contributed by atoms with Gasteiger partial charge in [-0.05, 0) is 87.0 Å². The highest BCUT2D eigenvalue weighted by atomic mass is 16.7. The maximum absolute atomic E-state index is 12.9. The molecule has 1 N–H and O–H groups in total. The van der Waals surface area contributed by atoms with Gasteiger partial charge < -0.3 is 29.0 Å². The van der Waals surface area contributed by atoms with Crippen molar-refractivity contribution in [3.05, 3.63) is 12.4 Å². The molecule has 2 aliphatic heterocycles. The second kappa shape index (κ2) is 11.6. The molecule has 11 heteroatoms. The first-order valence-corrected chi connectivity index (χ1v) is 13.3. The highest BCUT2D eigenvalue weighted by Gasteiger charge is 2.52. The van der Waals surface area contributed by atoms with E-state index in [2.05, 4.69) is 15.3 Å². The van der Waals surface area contributed by atoms with E-state index in [9.17, 15) is 9.59 Å². The number of carbonyl (C=O) groups is 2. The van der Waals surface area contributed by atoms with Crippen LogP contribution in [-0.4, -0.2) is 76.5 Å². The van der Waals surface area contributed by atoms with Crippen molar-refractivity contribution in [2.75, 3.05) is 19.7 Å². The van der Waals surface area contributed by atoms with Crippen LogP contribution in [0.25, 0.3) is 0 Å². The van der Waals surface area contributed by atoms with E-state index >= 15 is 0 Å². The zero-order valence-electron chi connectivity index (χ0n) is 23.6. The summed E-state index contributed by atoms with van der Waals surface area (Å²) in [5, 5.41) is 2.65. The first kappa shape index (κ1) is 29.2. The molecule has 0 unspecified atom stereocenters. The molecule has 0 spiro atoms. The molecule has 206 valence electrons. The summed E-state index contributed by atoms with van der Waals surface area (Å²) in [4.78, 5) is 35.3. The smallest absolute Gasteiger partial charge is 0.463 e. The topological polar surface area (TPSA) is 112 Å². The number of aromatic nitrogens is 2. The third-order valence-corrected chi connectivity index (χ3v) is 7.10. The molecule has 2 aliphatic rings. The van der Waals surface area contributed by atoms with E-state index in [1.54, 1.807) is 40.1 Å². The summed E-state index contributed by atoms with van der Waals surface area (Å²) in [6.45, 7) is 17.0. The molecule has 1 aromatic rings. The van der Waals surface area contributed by atoms with Gasteiger partial charge in [-0.3, -0.25) is 4.79 Å². The molecule has 10 nitrogen and oxygen atoms in total. The van der Waals surface area contributed by atoms with Crippen molar-refractivity contribution in [1.29, 1.82) is 0 Å². The van der Waals surface area contributed by atoms with Gasteiger partial charge in [-0.2, -0.15) is 0 Å². The number of nitrogens with one attached hydrogen (secondary N) is 1. The fourth-order valence-corrected chi connectivity index (χ4v) is 4.36. The Balaban J connectivity index is 1.39. The molecule has 2 atom stereocenters. The van der Waals surface area contributed by atoms with Crippen molar-refractivity contribution in [1.82, 2.24) is 20.2 Å². The molecule has 1 aromatic heterocycles. The van der Waals surface area contributed by atoms with E-state index in [0.717, 1.165) is 31.1 Å². The molecular weight excluding hydrogens is 475 g/mol. The number of piperidine rings is 1. The number of hydrogen-bond donors (Lipinski definition) is 1. The number of nitrogens with zero attached hydrogens (tertiary/aromatic N) is 3. The fourth-order valence-electron chi connectivity index (χ4n) is 4.36. The Morgan fingerprint density at radius 2 is 1.81 bits per heavy atom. The normalized spacial score (nSPS) is 21.9. The van der Waals surface area contributed by atoms with Gasteiger partial charge in [-0.25, -0.2) is 14.8 Å². The van der Waals surface area contributed by atoms with Crippen LogP contribution in [0.3, 0.4) is 0 Å². The summed E-state index contributed by atoms with van der Waals surface area (Å²) in [5.41, 5.74) is -0.684. The van der Waals surface area contributed by atoms with Gasteiger partial charge >= 0.3 is 19.2 Å². The quantitative estimate of drug-likeness (QED) is 0.413. The lowest BCUT2D eigenvalue weighted by molar-refractivity contribution is -0.134. The SMILES string of the molecule is C[C@H](NC(=O)OC(C)(C)C)C(=O)N1CCC[C@@H](CCCOc2ncc(B3OC(C)(C)C(C)(C)O3)cn2)C1. The molecule has 0 bridgehead atoms. The van der Waals surface area contributed by atoms with Gasteiger partial charge in [0.25, 0.3) is 0 Å². The summed E-state index contributed by atoms with van der Waals surface area (Å²) in [6, 6.07) is -0.308. The standard InChI is InChI=1S/C26H43BN4O6/c1-18(30-23(33)35-24(2,3)4)21(32)31-13-9-11-19(17-31)12-10-14-34-22-28-15-20(16-29-22)27-36-25(5,6)26(7,8)37-27/h15-16,18-19H,9-14,17H2,1-8H3,(H,30,33)/t18-,19-/m0/s1. The molecule has 0 saturated carbocycles. The number of alkyl carbamates (subject to hydrolysis) is 1. The van der Waals surface area contributed by atoms with E-state index in [1.807, 2.05) is 32.6 Å². The minimum Gasteiger partial charge on any atom is -0.463 e. The monoisotopic (exact) mass is 518 g/mol. The van der Waals surface area contributed by atoms with E-state index < -0.39 is 36.1 Å². The summed E-state index contributed by atoms with van der Waals surface area (Å²) >= 11 is 0. The second-order valence-corrected chi connectivity index (χ2v) is 12.0. The van der Waals surface area contributed by atoms with Crippen LogP contribution in [0, 0.1) is 5.92 Å². The van der Waals surface area contributed by atoms with Crippen LogP contribution in [0.2, 0.25) is 0 Å². The van der Waals surface area contributed by atoms with E-state index in [4.69, 9.17) is 18.8 Å². The van der Waals surface area contributed by atoms with Gasteiger partial charge in [0.1, 0.15) is 11.6 Å². The van der Waals surface area contributed by atoms with Gasteiger partial charge in [0.2, 0.25) is 5.91 Å². The Morgan fingerprint density at radius 1 is 1.19 bits per heavy atom. The molecule has 0 aromatic carbocycles.